The van der Waals surface area contributed by atoms with E-state index in [1.807, 2.05) is 12.1 Å². The molecule has 0 unspecified atom stereocenters. The lowest BCUT2D eigenvalue weighted by Crippen LogP contribution is -2.19. The maximum Gasteiger partial charge on any atom is 0.244 e. The Labute approximate surface area is 110 Å². The van der Waals surface area contributed by atoms with E-state index in [1.54, 1.807) is 47.2 Å². The first kappa shape index (κ1) is 12.4. The Hall–Kier alpha value is -3.05. The van der Waals surface area contributed by atoms with Crippen molar-refractivity contribution in [2.24, 2.45) is 0 Å². The van der Waals surface area contributed by atoms with Gasteiger partial charge in [-0.25, -0.2) is 0 Å². The largest absolute Gasteiger partial charge is 0.330 e. The van der Waals surface area contributed by atoms with Gasteiger partial charge in [-0.2, -0.15) is 10.5 Å². The predicted octanol–water partition coefficient (Wildman–Crippen LogP) is 1.87. The third kappa shape index (κ3) is 2.80. The highest BCUT2D eigenvalue weighted by molar-refractivity contribution is 5.92. The molecule has 1 N–H and O–H groups in total. The number of nitrogens with one attached hydrogen (secondary N) is 1. The van der Waals surface area contributed by atoms with E-state index in [2.05, 4.69) is 5.32 Å². The van der Waals surface area contributed by atoms with Crippen LogP contribution in [0.1, 0.15) is 11.3 Å². The van der Waals surface area contributed by atoms with Crippen molar-refractivity contribution >= 4 is 11.6 Å². The molecule has 0 fully saturated rings. The van der Waals surface area contributed by atoms with Crippen molar-refractivity contribution in [3.8, 4) is 12.1 Å². The van der Waals surface area contributed by atoms with Crippen molar-refractivity contribution in [2.75, 3.05) is 5.32 Å². The molecule has 5 nitrogen and oxygen atoms in total. The Morgan fingerprint density at radius 3 is 2.68 bits per heavy atom. The molecule has 2 aromatic rings. The highest BCUT2D eigenvalue weighted by Gasteiger charge is 2.08. The van der Waals surface area contributed by atoms with Crippen molar-refractivity contribution in [3.63, 3.8) is 0 Å². The zero-order valence-corrected chi connectivity index (χ0v) is 10.00. The molecule has 0 aliphatic carbocycles. The topological polar surface area (TPSA) is 81.6 Å². The summed E-state index contributed by atoms with van der Waals surface area (Å²) in [5.74, 6) is -0.282. The minimum atomic E-state index is -0.282. The molecular weight excluding hydrogens is 240 g/mol. The van der Waals surface area contributed by atoms with Gasteiger partial charge in [-0.1, -0.05) is 12.1 Å². The molecule has 1 amide bonds. The predicted molar refractivity (Wildman–Crippen MR) is 68.9 cm³/mol. The number of nitrogens with zero attached hydrogens (tertiary/aromatic N) is 3. The number of rotatable bonds is 3. The van der Waals surface area contributed by atoms with Gasteiger partial charge < -0.3 is 9.88 Å². The maximum absolute atomic E-state index is 11.9. The molecule has 1 aromatic heterocycles. The first-order valence-electron chi connectivity index (χ1n) is 5.59. The molecule has 0 atom stereocenters. The minimum absolute atomic E-state index is 0.0374. The van der Waals surface area contributed by atoms with Crippen LogP contribution in [0, 0.1) is 22.7 Å². The Kier molecular flexibility index (Phi) is 3.61. The van der Waals surface area contributed by atoms with Crippen LogP contribution in [-0.4, -0.2) is 10.5 Å². The highest BCUT2D eigenvalue weighted by atomic mass is 16.1. The second-order valence-corrected chi connectivity index (χ2v) is 3.84. The summed E-state index contributed by atoms with van der Waals surface area (Å²) in [6.07, 6.45) is 1.66. The summed E-state index contributed by atoms with van der Waals surface area (Å²) < 4.78 is 1.55. The number of carbonyl (C=O) groups is 1. The average molecular weight is 250 g/mol. The highest BCUT2D eigenvalue weighted by Crippen LogP contribution is 2.13. The molecular formula is C14H10N4O. The van der Waals surface area contributed by atoms with Crippen LogP contribution in [0.2, 0.25) is 0 Å². The van der Waals surface area contributed by atoms with Crippen LogP contribution in [0.5, 0.6) is 0 Å². The molecule has 0 saturated heterocycles. The zero-order chi connectivity index (χ0) is 13.7. The van der Waals surface area contributed by atoms with E-state index in [0.29, 0.717) is 16.9 Å². The van der Waals surface area contributed by atoms with Crippen LogP contribution in [0.3, 0.4) is 0 Å². The molecule has 0 bridgehead atoms. The van der Waals surface area contributed by atoms with Crippen molar-refractivity contribution < 1.29 is 4.79 Å². The van der Waals surface area contributed by atoms with Crippen LogP contribution in [0.15, 0.2) is 42.6 Å². The lowest BCUT2D eigenvalue weighted by molar-refractivity contribution is -0.116. The number of aromatic nitrogens is 1. The molecule has 0 aliphatic rings. The van der Waals surface area contributed by atoms with Crippen molar-refractivity contribution in [2.45, 2.75) is 6.54 Å². The van der Waals surface area contributed by atoms with Crippen molar-refractivity contribution in [3.05, 3.63) is 53.9 Å². The van der Waals surface area contributed by atoms with Crippen molar-refractivity contribution in [1.29, 1.82) is 10.5 Å². The summed E-state index contributed by atoms with van der Waals surface area (Å²) >= 11 is 0. The van der Waals surface area contributed by atoms with Gasteiger partial charge in [-0.3, -0.25) is 4.79 Å². The number of para-hydroxylation sites is 1. The molecule has 1 heterocycles. The zero-order valence-electron chi connectivity index (χ0n) is 10.00. The molecule has 0 saturated carbocycles. The Balaban J connectivity index is 2.11. The summed E-state index contributed by atoms with van der Waals surface area (Å²) in [5.41, 5.74) is 1.30. The fourth-order valence-corrected chi connectivity index (χ4v) is 1.69. The van der Waals surface area contributed by atoms with E-state index >= 15 is 0 Å². The summed E-state index contributed by atoms with van der Waals surface area (Å²) in [6.45, 7) is 0.0374. The molecule has 5 heteroatoms. The summed E-state index contributed by atoms with van der Waals surface area (Å²) in [7, 11) is 0. The lowest BCUT2D eigenvalue weighted by atomic mass is 10.2. The minimum Gasteiger partial charge on any atom is -0.330 e. The summed E-state index contributed by atoms with van der Waals surface area (Å²) in [6, 6.07) is 14.1. The number of carbonyl (C=O) groups excluding carboxylic acids is 1. The maximum atomic E-state index is 11.9. The van der Waals surface area contributed by atoms with Gasteiger partial charge in [0.05, 0.1) is 11.3 Å². The van der Waals surface area contributed by atoms with Crippen LogP contribution >= 0.6 is 0 Å². The Morgan fingerprint density at radius 2 is 1.95 bits per heavy atom. The third-order valence-corrected chi connectivity index (χ3v) is 2.58. The molecule has 0 spiro atoms. The van der Waals surface area contributed by atoms with Gasteiger partial charge in [-0.15, -0.1) is 0 Å². The number of anilines is 1. The van der Waals surface area contributed by atoms with Crippen molar-refractivity contribution in [1.82, 2.24) is 4.57 Å². The Morgan fingerprint density at radius 1 is 1.16 bits per heavy atom. The van der Waals surface area contributed by atoms with E-state index < -0.39 is 0 Å². The van der Waals surface area contributed by atoms with Crippen LogP contribution in [-0.2, 0) is 11.3 Å². The van der Waals surface area contributed by atoms with Gasteiger partial charge in [0.1, 0.15) is 24.4 Å². The monoisotopic (exact) mass is 250 g/mol. The van der Waals surface area contributed by atoms with Gasteiger partial charge in [0.25, 0.3) is 0 Å². The molecule has 0 aliphatic heterocycles. The quantitative estimate of drug-likeness (QED) is 0.902. The third-order valence-electron chi connectivity index (χ3n) is 2.58. The molecule has 0 radical (unpaired) electrons. The smallest absolute Gasteiger partial charge is 0.244 e. The second kappa shape index (κ2) is 5.52. The standard InChI is InChI=1S/C14H10N4O/c15-8-11-4-1-2-6-13(11)17-14(19)10-18-7-3-5-12(18)9-16/h1-7H,10H2,(H,17,19). The fraction of sp³-hybridized carbons (Fsp3) is 0.0714. The van der Waals surface area contributed by atoms with E-state index in [9.17, 15) is 4.79 Å². The van der Waals surface area contributed by atoms with Gasteiger partial charge in [0.2, 0.25) is 5.91 Å². The van der Waals surface area contributed by atoms with Gasteiger partial charge >= 0.3 is 0 Å². The van der Waals surface area contributed by atoms with Gasteiger partial charge in [0, 0.05) is 6.20 Å². The first-order chi connectivity index (χ1) is 9.24. The normalized spacial score (nSPS) is 9.37. The van der Waals surface area contributed by atoms with E-state index in [1.165, 1.54) is 0 Å². The average Bonchev–Trinajstić information content (AvgIpc) is 2.86. The molecule has 92 valence electrons. The van der Waals surface area contributed by atoms with E-state index in [-0.39, 0.29) is 12.5 Å². The number of amides is 1. The SMILES string of the molecule is N#Cc1ccccc1NC(=O)Cn1cccc1C#N. The molecule has 19 heavy (non-hydrogen) atoms. The fourth-order valence-electron chi connectivity index (χ4n) is 1.69. The summed E-state index contributed by atoms with van der Waals surface area (Å²) in [4.78, 5) is 11.9. The lowest BCUT2D eigenvalue weighted by Gasteiger charge is -2.08. The number of benzene rings is 1. The second-order valence-electron chi connectivity index (χ2n) is 3.84. The van der Waals surface area contributed by atoms with E-state index in [4.69, 9.17) is 10.5 Å². The first-order valence-corrected chi connectivity index (χ1v) is 5.59. The number of nitriles is 2. The Bertz CT molecular complexity index is 688. The number of hydrogen-bond donors (Lipinski definition) is 1. The summed E-state index contributed by atoms with van der Waals surface area (Å²) in [5, 5.41) is 20.4. The molecule has 2 rings (SSSR count). The van der Waals surface area contributed by atoms with Crippen LogP contribution in [0.4, 0.5) is 5.69 Å². The van der Waals surface area contributed by atoms with Crippen LogP contribution < -0.4 is 5.32 Å². The van der Waals surface area contributed by atoms with Gasteiger partial charge in [0.15, 0.2) is 0 Å². The van der Waals surface area contributed by atoms with E-state index in [0.717, 1.165) is 0 Å². The number of hydrogen-bond acceptors (Lipinski definition) is 3. The molecule has 1 aromatic carbocycles. The van der Waals surface area contributed by atoms with Gasteiger partial charge in [-0.05, 0) is 24.3 Å². The van der Waals surface area contributed by atoms with Crippen LogP contribution in [0.25, 0.3) is 0 Å².